The van der Waals surface area contributed by atoms with E-state index in [0.717, 1.165) is 24.1 Å². The molecule has 1 fully saturated rings. The van der Waals surface area contributed by atoms with Crippen molar-refractivity contribution in [2.75, 3.05) is 19.6 Å². The average molecular weight is 370 g/mol. The van der Waals surface area contributed by atoms with Gasteiger partial charge in [0.15, 0.2) is 5.43 Å². The minimum atomic E-state index is -0.0802. The molecule has 1 saturated heterocycles. The van der Waals surface area contributed by atoms with Crippen LogP contribution < -0.4 is 16.1 Å². The van der Waals surface area contributed by atoms with Gasteiger partial charge < -0.3 is 20.1 Å². The lowest BCUT2D eigenvalue weighted by Crippen LogP contribution is -2.49. The molecular formula is C20H26N4O3. The van der Waals surface area contributed by atoms with Gasteiger partial charge in [-0.2, -0.15) is 0 Å². The lowest BCUT2D eigenvalue weighted by atomic mass is 10.1. The van der Waals surface area contributed by atoms with Gasteiger partial charge in [0, 0.05) is 42.8 Å². The fourth-order valence-corrected chi connectivity index (χ4v) is 3.57. The van der Waals surface area contributed by atoms with E-state index in [2.05, 4.69) is 10.6 Å². The van der Waals surface area contributed by atoms with Crippen LogP contribution in [-0.4, -0.2) is 47.1 Å². The Balaban J connectivity index is 1.63. The second-order valence-electron chi connectivity index (χ2n) is 6.92. The number of nitrogens with one attached hydrogen (secondary N) is 2. The molecule has 7 heteroatoms. The third-order valence-corrected chi connectivity index (χ3v) is 5.00. The molecule has 0 radical (unpaired) electrons. The summed E-state index contributed by atoms with van der Waals surface area (Å²) >= 11 is 0. The number of rotatable bonds is 4. The molecule has 144 valence electrons. The van der Waals surface area contributed by atoms with Crippen LogP contribution in [0.2, 0.25) is 0 Å². The van der Waals surface area contributed by atoms with Crippen molar-refractivity contribution in [3.63, 3.8) is 0 Å². The molecule has 3 amide bonds. The van der Waals surface area contributed by atoms with Crippen molar-refractivity contribution < 1.29 is 9.59 Å². The summed E-state index contributed by atoms with van der Waals surface area (Å²) in [4.78, 5) is 38.4. The van der Waals surface area contributed by atoms with E-state index in [1.807, 2.05) is 36.6 Å². The predicted octanol–water partition coefficient (Wildman–Crippen LogP) is 1.62. The van der Waals surface area contributed by atoms with Gasteiger partial charge in [-0.3, -0.25) is 9.59 Å². The molecule has 0 unspecified atom stereocenters. The largest absolute Gasteiger partial charge is 0.352 e. The third-order valence-electron chi connectivity index (χ3n) is 5.00. The fourth-order valence-electron chi connectivity index (χ4n) is 3.57. The highest BCUT2D eigenvalue weighted by molar-refractivity contribution is 5.82. The predicted molar refractivity (Wildman–Crippen MR) is 105 cm³/mol. The maximum atomic E-state index is 12.6. The SMILES string of the molecule is CCNC(=O)N1CCC(NC(=O)Cn2c(C)cc(=O)c3ccccc32)CC1. The number of para-hydroxylation sites is 1. The van der Waals surface area contributed by atoms with E-state index in [1.165, 1.54) is 0 Å². The Hall–Kier alpha value is -2.83. The summed E-state index contributed by atoms with van der Waals surface area (Å²) in [6.07, 6.45) is 1.49. The van der Waals surface area contributed by atoms with Crippen molar-refractivity contribution in [1.82, 2.24) is 20.1 Å². The Kier molecular flexibility index (Phi) is 5.78. The van der Waals surface area contributed by atoms with Crippen LogP contribution in [0.3, 0.4) is 0 Å². The Morgan fingerprint density at radius 1 is 1.19 bits per heavy atom. The second-order valence-corrected chi connectivity index (χ2v) is 6.92. The fraction of sp³-hybridized carbons (Fsp3) is 0.450. The van der Waals surface area contributed by atoms with Crippen LogP contribution in [-0.2, 0) is 11.3 Å². The first kappa shape index (κ1) is 18.9. The number of nitrogens with zero attached hydrogens (tertiary/aromatic N) is 2. The van der Waals surface area contributed by atoms with Gasteiger partial charge >= 0.3 is 6.03 Å². The van der Waals surface area contributed by atoms with Crippen LogP contribution in [0.15, 0.2) is 35.1 Å². The minimum absolute atomic E-state index is 0.0301. The van der Waals surface area contributed by atoms with E-state index in [9.17, 15) is 14.4 Å². The highest BCUT2D eigenvalue weighted by Gasteiger charge is 2.23. The number of pyridine rings is 1. The number of hydrogen-bond acceptors (Lipinski definition) is 3. The number of urea groups is 1. The Morgan fingerprint density at radius 3 is 2.59 bits per heavy atom. The molecule has 0 aliphatic carbocycles. The maximum Gasteiger partial charge on any atom is 0.317 e. The van der Waals surface area contributed by atoms with E-state index in [1.54, 1.807) is 17.0 Å². The van der Waals surface area contributed by atoms with Gasteiger partial charge in [0.2, 0.25) is 5.91 Å². The van der Waals surface area contributed by atoms with Gasteiger partial charge in [-0.15, -0.1) is 0 Å². The molecule has 1 aliphatic rings. The summed E-state index contributed by atoms with van der Waals surface area (Å²) in [5.74, 6) is -0.0802. The number of benzene rings is 1. The van der Waals surface area contributed by atoms with Crippen LogP contribution in [0.1, 0.15) is 25.5 Å². The van der Waals surface area contributed by atoms with E-state index < -0.39 is 0 Å². The number of hydrogen-bond donors (Lipinski definition) is 2. The van der Waals surface area contributed by atoms with Crippen molar-refractivity contribution in [2.24, 2.45) is 0 Å². The van der Waals surface area contributed by atoms with Crippen molar-refractivity contribution in [3.8, 4) is 0 Å². The Bertz CT molecular complexity index is 898. The van der Waals surface area contributed by atoms with E-state index in [0.29, 0.717) is 25.0 Å². The monoisotopic (exact) mass is 370 g/mol. The van der Waals surface area contributed by atoms with E-state index in [-0.39, 0.29) is 30.0 Å². The van der Waals surface area contributed by atoms with Crippen LogP contribution >= 0.6 is 0 Å². The molecule has 1 aliphatic heterocycles. The van der Waals surface area contributed by atoms with Gasteiger partial charge in [0.25, 0.3) is 0 Å². The summed E-state index contributed by atoms with van der Waals surface area (Å²) in [7, 11) is 0. The first-order valence-electron chi connectivity index (χ1n) is 9.41. The quantitative estimate of drug-likeness (QED) is 0.858. The number of amides is 3. The summed E-state index contributed by atoms with van der Waals surface area (Å²) in [6, 6.07) is 8.93. The van der Waals surface area contributed by atoms with Gasteiger partial charge in [-0.1, -0.05) is 12.1 Å². The van der Waals surface area contributed by atoms with Crippen molar-refractivity contribution in [1.29, 1.82) is 0 Å². The van der Waals surface area contributed by atoms with Crippen molar-refractivity contribution >= 4 is 22.8 Å². The lowest BCUT2D eigenvalue weighted by Gasteiger charge is -2.32. The molecule has 0 spiro atoms. The molecule has 0 atom stereocenters. The molecule has 0 saturated carbocycles. The Morgan fingerprint density at radius 2 is 1.89 bits per heavy atom. The Labute approximate surface area is 158 Å². The van der Waals surface area contributed by atoms with Crippen LogP contribution in [0.4, 0.5) is 4.79 Å². The number of piperidine rings is 1. The molecule has 7 nitrogen and oxygen atoms in total. The average Bonchev–Trinajstić information content (AvgIpc) is 2.66. The number of carbonyl (C=O) groups excluding carboxylic acids is 2. The molecule has 1 aromatic heterocycles. The summed E-state index contributed by atoms with van der Waals surface area (Å²) < 4.78 is 1.87. The molecule has 1 aromatic carbocycles. The maximum absolute atomic E-state index is 12.6. The third kappa shape index (κ3) is 4.30. The van der Waals surface area contributed by atoms with Gasteiger partial charge in [0.1, 0.15) is 6.54 Å². The highest BCUT2D eigenvalue weighted by atomic mass is 16.2. The van der Waals surface area contributed by atoms with Crippen LogP contribution in [0.5, 0.6) is 0 Å². The number of carbonyl (C=O) groups is 2. The molecule has 2 aromatic rings. The molecule has 0 bridgehead atoms. The zero-order chi connectivity index (χ0) is 19.4. The smallest absolute Gasteiger partial charge is 0.317 e. The molecule has 27 heavy (non-hydrogen) atoms. The zero-order valence-electron chi connectivity index (χ0n) is 15.8. The summed E-state index contributed by atoms with van der Waals surface area (Å²) in [5.41, 5.74) is 1.50. The second kappa shape index (κ2) is 8.24. The summed E-state index contributed by atoms with van der Waals surface area (Å²) in [6.45, 7) is 5.79. The topological polar surface area (TPSA) is 83.4 Å². The molecule has 2 heterocycles. The van der Waals surface area contributed by atoms with Crippen LogP contribution in [0.25, 0.3) is 10.9 Å². The molecular weight excluding hydrogens is 344 g/mol. The van der Waals surface area contributed by atoms with Crippen molar-refractivity contribution in [3.05, 3.63) is 46.2 Å². The number of fused-ring (bicyclic) bond motifs is 1. The van der Waals surface area contributed by atoms with E-state index in [4.69, 9.17) is 0 Å². The van der Waals surface area contributed by atoms with Crippen molar-refractivity contribution in [2.45, 2.75) is 39.3 Å². The number of aromatic nitrogens is 1. The van der Waals surface area contributed by atoms with Crippen LogP contribution in [0, 0.1) is 6.92 Å². The summed E-state index contributed by atoms with van der Waals surface area (Å²) in [5, 5.41) is 6.49. The molecule has 3 rings (SSSR count). The van der Waals surface area contributed by atoms with Gasteiger partial charge in [-0.25, -0.2) is 4.79 Å². The van der Waals surface area contributed by atoms with Gasteiger partial charge in [-0.05, 0) is 38.8 Å². The standard InChI is InChI=1S/C20H26N4O3/c1-3-21-20(27)23-10-8-15(9-11-23)22-19(26)13-24-14(2)12-18(25)16-6-4-5-7-17(16)24/h4-7,12,15H,3,8-11,13H2,1-2H3,(H,21,27)(H,22,26). The van der Waals surface area contributed by atoms with Gasteiger partial charge in [0.05, 0.1) is 5.52 Å². The zero-order valence-corrected chi connectivity index (χ0v) is 15.8. The number of aryl methyl sites for hydroxylation is 1. The number of likely N-dealkylation sites (tertiary alicyclic amines) is 1. The van der Waals surface area contributed by atoms with E-state index >= 15 is 0 Å². The first-order valence-corrected chi connectivity index (χ1v) is 9.41. The highest BCUT2D eigenvalue weighted by Crippen LogP contribution is 2.14. The molecule has 2 N–H and O–H groups in total. The normalized spacial score (nSPS) is 15.0. The minimum Gasteiger partial charge on any atom is -0.352 e. The first-order chi connectivity index (χ1) is 13.0. The lowest BCUT2D eigenvalue weighted by molar-refractivity contribution is -0.122.